The summed E-state index contributed by atoms with van der Waals surface area (Å²) in [6.45, 7) is 1.41. The number of nitrogens with two attached hydrogens (primary N) is 1. The third kappa shape index (κ3) is 23.8. The Hall–Kier alpha value is -10.6. The van der Waals surface area contributed by atoms with Gasteiger partial charge in [0.25, 0.3) is 0 Å². The predicted octanol–water partition coefficient (Wildman–Crippen LogP) is 7.71. The summed E-state index contributed by atoms with van der Waals surface area (Å²) < 4.78 is 78.5. The maximum absolute atomic E-state index is 11.1. The molecule has 0 atom stereocenters. The van der Waals surface area contributed by atoms with Gasteiger partial charge in [-0.05, 0) is 64.0 Å². The van der Waals surface area contributed by atoms with Gasteiger partial charge in [0.1, 0.15) is 46.7 Å². The van der Waals surface area contributed by atoms with Crippen molar-refractivity contribution in [1.82, 2.24) is 0 Å². The van der Waals surface area contributed by atoms with Crippen molar-refractivity contribution in [3.05, 3.63) is 200 Å². The summed E-state index contributed by atoms with van der Waals surface area (Å²) in [5.41, 5.74) is 8.11. The third-order valence-electron chi connectivity index (χ3n) is 12.8. The number of sulfonamides is 2. The number of phenols is 6. The maximum Gasteiger partial charge on any atom is 1.00 e. The molecule has 0 unspecified atom stereocenters. The molecule has 0 saturated carbocycles. The number of phenolic OH excluding ortho intramolecular Hbond substituents is 6. The van der Waals surface area contributed by atoms with Crippen molar-refractivity contribution < 1.29 is 114 Å². The van der Waals surface area contributed by atoms with Gasteiger partial charge >= 0.3 is 52.1 Å². The number of carboxylic acids is 1. The number of anilines is 6. The number of benzene rings is 11. The molecule has 11 rings (SSSR count). The van der Waals surface area contributed by atoms with E-state index >= 15 is 0 Å². The van der Waals surface area contributed by atoms with E-state index in [0.29, 0.717) is 28.3 Å². The van der Waals surface area contributed by atoms with Gasteiger partial charge in [0, 0.05) is 62.7 Å². The van der Waals surface area contributed by atoms with E-state index in [4.69, 9.17) is 23.5 Å². The number of rotatable bonds is 10. The fraction of sp³-hybridized carbons (Fsp3) is 0.119. The van der Waals surface area contributed by atoms with Crippen molar-refractivity contribution in [2.45, 2.75) is 13.3 Å². The predicted molar refractivity (Wildman–Crippen MR) is 367 cm³/mol. The summed E-state index contributed by atoms with van der Waals surface area (Å²) in [4.78, 5) is 36.1. The van der Waals surface area contributed by atoms with Gasteiger partial charge in [-0.3, -0.25) is 23.8 Å². The number of hydrogen-bond acceptors (Lipinski definition) is 20. The Kier molecular flexibility index (Phi) is 28.7. The normalized spacial score (nSPS) is 10.3. The number of aromatic hydroxyl groups is 6. The van der Waals surface area contributed by atoms with E-state index in [1.165, 1.54) is 13.0 Å². The number of fused-ring (bicyclic) bond motifs is 5. The molecule has 0 bridgehead atoms. The van der Waals surface area contributed by atoms with Gasteiger partial charge in [-0.2, -0.15) is 24.3 Å². The van der Waals surface area contributed by atoms with Gasteiger partial charge in [0.05, 0.1) is 46.6 Å². The molecular weight excluding hydrogens is 1300 g/mol. The summed E-state index contributed by atoms with van der Waals surface area (Å²) in [7, 11) is -2.43. The van der Waals surface area contributed by atoms with E-state index in [9.17, 15) is 61.9 Å². The topological polar surface area (TPSA) is 390 Å². The number of nitrogen functional groups attached to an aromatic ring is 1. The number of esters is 1. The number of aliphatic carboxylic acids is 1. The number of carboxylic acid groups (broad SMARTS) is 1. The van der Waals surface area contributed by atoms with E-state index in [2.05, 4.69) is 20.8 Å². The first-order valence-corrected chi connectivity index (χ1v) is 32.3. The molecule has 492 valence electrons. The summed E-state index contributed by atoms with van der Waals surface area (Å²) in [6, 6.07) is 60.3. The maximum atomic E-state index is 11.1. The van der Waals surface area contributed by atoms with Crippen LogP contribution in [-0.4, -0.2) is 124 Å². The zero-order chi connectivity index (χ0) is 69.6. The zero-order valence-electron chi connectivity index (χ0n) is 52.5. The average Bonchev–Trinajstić information content (AvgIpc) is 0.885. The minimum atomic E-state index is -3.61. The number of carbonyl (C=O) groups excluding carboxylic acids is 2. The second-order valence-electron chi connectivity index (χ2n) is 20.5. The van der Waals surface area contributed by atoms with Crippen LogP contribution in [0.1, 0.15) is 13.3 Å². The van der Waals surface area contributed by atoms with Crippen LogP contribution in [0.15, 0.2) is 194 Å². The van der Waals surface area contributed by atoms with Crippen LogP contribution in [0, 0.1) is 6.07 Å². The van der Waals surface area contributed by atoms with Gasteiger partial charge in [-0.25, -0.2) is 16.8 Å². The molecule has 0 aromatic heterocycles. The van der Waals surface area contributed by atoms with Crippen LogP contribution in [0.4, 0.5) is 34.1 Å². The Labute approximate surface area is 571 Å². The molecule has 24 nitrogen and oxygen atoms in total. The first-order chi connectivity index (χ1) is 44.2. The molecule has 0 fully saturated rings. The van der Waals surface area contributed by atoms with Crippen molar-refractivity contribution in [3.63, 3.8) is 0 Å². The first kappa shape index (κ1) is 76.9. The molecule has 0 radical (unpaired) electrons. The SMILES string of the molecule is CC(=O)Nc1ccc2ccccc2c1O.CN(C)c1ccc2c[c-]ccc2c1O.CN(C)c1ccc2ccccc2c1O.CS(=O)(=O)Nc1cc(OC(=O)CC(=O)O)ccc1O.CS(=O)(=O)Nc1ccc2ccccc2c1O.Nc1ccc2ccccc2c1O.O=S(=O)=O.[Na+]. The Morgan fingerprint density at radius 2 is 0.884 bits per heavy atom. The molecule has 0 heterocycles. The van der Waals surface area contributed by atoms with Crippen molar-refractivity contribution in [2.24, 2.45) is 0 Å². The summed E-state index contributed by atoms with van der Waals surface area (Å²) in [6.07, 6.45) is 1.10. The Balaban J connectivity index is 0.000000240. The van der Waals surface area contributed by atoms with Gasteiger partial charge in [-0.15, -0.1) is 24.1 Å². The van der Waals surface area contributed by atoms with Crippen LogP contribution in [-0.2, 0) is 45.0 Å². The van der Waals surface area contributed by atoms with Crippen molar-refractivity contribution in [1.29, 1.82) is 0 Å². The molecule has 95 heavy (non-hydrogen) atoms. The van der Waals surface area contributed by atoms with Crippen molar-refractivity contribution >= 4 is 136 Å². The number of nitrogens with zero attached hydrogens (tertiary/aromatic N) is 2. The number of ether oxygens (including phenoxy) is 1. The zero-order valence-corrected chi connectivity index (χ0v) is 56.9. The van der Waals surface area contributed by atoms with Crippen LogP contribution in [0.25, 0.3) is 53.9 Å². The molecule has 0 aliphatic carbocycles. The van der Waals surface area contributed by atoms with Crippen LogP contribution in [0.3, 0.4) is 0 Å². The molecule has 0 spiro atoms. The molecule has 11 aromatic carbocycles. The smallest absolute Gasteiger partial charge is 0.507 e. The largest absolute Gasteiger partial charge is 1.00 e. The number of nitrogens with one attached hydrogen (secondary N) is 3. The average molecular weight is 1360 g/mol. The van der Waals surface area contributed by atoms with Crippen molar-refractivity contribution in [2.75, 3.05) is 71.0 Å². The molecule has 28 heteroatoms. The fourth-order valence-corrected chi connectivity index (χ4v) is 9.78. The van der Waals surface area contributed by atoms with Crippen LogP contribution in [0.2, 0.25) is 0 Å². The molecule has 0 aliphatic heterocycles. The van der Waals surface area contributed by atoms with E-state index < -0.39 is 49.0 Å². The minimum absolute atomic E-state index is 0. The van der Waals surface area contributed by atoms with Crippen LogP contribution < -0.4 is 64.6 Å². The Morgan fingerprint density at radius 3 is 1.33 bits per heavy atom. The van der Waals surface area contributed by atoms with Gasteiger partial charge < -0.3 is 61.3 Å². The second kappa shape index (κ2) is 35.5. The van der Waals surface area contributed by atoms with E-state index in [1.54, 1.807) is 36.4 Å². The van der Waals surface area contributed by atoms with Crippen LogP contribution in [0.5, 0.6) is 40.2 Å². The summed E-state index contributed by atoms with van der Waals surface area (Å²) in [5, 5.41) is 78.4. The Morgan fingerprint density at radius 1 is 0.505 bits per heavy atom. The number of amides is 1. The third-order valence-corrected chi connectivity index (χ3v) is 14.0. The quantitative estimate of drug-likeness (QED) is 0.0119. The molecule has 11 aromatic rings. The Bertz CT molecular complexity index is 4800. The van der Waals surface area contributed by atoms with Gasteiger partial charge in [0.15, 0.2) is 0 Å². The standard InChI is InChI=1S/C12H11NO2.C12H13NO.C12H12NO.C11H11NO3S.C10H11NO7S.C10H9NO.Na.O3S/c1-8(14)13-11-7-6-9-4-2-3-5-10(9)12(11)15;2*1-13(2)11-8-7-9-5-3-4-6-10(9)12(11)14;1-16(14,15)12-10-7-6-8-4-2-3-5-9(8)11(10)13;1-19(16,17)11-7-4-6(2-3-8(7)12)18-10(15)5-9(13)14;11-9-6-5-7-3-1-2-4-8(7)10(9)12;;1-4(2)3/h2-7,15H,1H3,(H,13,14);3-8,14H,1-2H3;4-8,14H,1-2H3;2-7,12-13H,1H3;2-4,11-12H,5H2,1H3,(H,13,14);1-6,12H,11H2;;/q;;-1;;;;+1;. The van der Waals surface area contributed by atoms with Crippen LogP contribution >= 0.6 is 0 Å². The first-order valence-electron chi connectivity index (χ1n) is 27.5. The van der Waals surface area contributed by atoms with E-state index in [-0.39, 0.29) is 75.6 Å². The second-order valence-corrected chi connectivity index (χ2v) is 24.4. The summed E-state index contributed by atoms with van der Waals surface area (Å²) in [5.74, 6) is -2.07. The summed E-state index contributed by atoms with van der Waals surface area (Å²) >= 11 is 0. The minimum Gasteiger partial charge on any atom is -0.507 e. The molecule has 0 saturated heterocycles. The number of carbonyl (C=O) groups is 3. The number of hydrogen-bond donors (Lipinski definition) is 11. The monoisotopic (exact) mass is 1360 g/mol. The van der Waals surface area contributed by atoms with E-state index in [0.717, 1.165) is 84.5 Å². The molecular formula is C67H67N6NaO18S3. The van der Waals surface area contributed by atoms with Gasteiger partial charge in [-0.1, -0.05) is 127 Å². The van der Waals surface area contributed by atoms with Crippen molar-refractivity contribution in [3.8, 4) is 40.2 Å². The van der Waals surface area contributed by atoms with Gasteiger partial charge in [0.2, 0.25) is 26.0 Å². The molecule has 0 aliphatic rings. The fourth-order valence-electron chi connectivity index (χ4n) is 8.65. The molecule has 12 N–H and O–H groups in total. The molecule has 1 amide bonds. The van der Waals surface area contributed by atoms with E-state index in [1.807, 2.05) is 182 Å².